The van der Waals surface area contributed by atoms with Gasteiger partial charge in [-0.15, -0.1) is 0 Å². The van der Waals surface area contributed by atoms with Gasteiger partial charge in [0, 0.05) is 23.6 Å². The molecule has 0 aliphatic heterocycles. The predicted octanol–water partition coefficient (Wildman–Crippen LogP) is 2.71. The molecule has 1 amide bonds. The number of phenols is 1. The maximum Gasteiger partial charge on any atom is 0.239 e. The summed E-state index contributed by atoms with van der Waals surface area (Å²) in [4.78, 5) is 12.1. The number of carbonyl (C=O) groups excluding carboxylic acids is 1. The molecule has 5 heteroatoms. The van der Waals surface area contributed by atoms with E-state index in [1.54, 1.807) is 19.2 Å². The van der Waals surface area contributed by atoms with Crippen molar-refractivity contribution >= 4 is 16.8 Å². The van der Waals surface area contributed by atoms with Crippen molar-refractivity contribution in [1.82, 2.24) is 9.88 Å². The van der Waals surface area contributed by atoms with E-state index in [0.717, 1.165) is 28.6 Å². The molecule has 2 N–H and O–H groups in total. The smallest absolute Gasteiger partial charge is 0.239 e. The Hall–Kier alpha value is -2.95. The standard InChI is InChI=1S/C19H20N2O3/c1-24-17-6-7-18-15(12-17)9-11-21(18)13-19(23)20-10-8-14-2-4-16(22)5-3-14/h2-7,9,11-12,22H,8,10,13H2,1H3,(H,20,23). The number of carbonyl (C=O) groups is 1. The van der Waals surface area contributed by atoms with Crippen LogP contribution in [-0.2, 0) is 17.8 Å². The van der Waals surface area contributed by atoms with Gasteiger partial charge in [0.05, 0.1) is 7.11 Å². The van der Waals surface area contributed by atoms with E-state index in [4.69, 9.17) is 4.74 Å². The van der Waals surface area contributed by atoms with Gasteiger partial charge in [-0.2, -0.15) is 0 Å². The molecule has 0 saturated heterocycles. The fraction of sp³-hybridized carbons (Fsp3) is 0.211. The molecule has 3 rings (SSSR count). The van der Waals surface area contributed by atoms with E-state index in [-0.39, 0.29) is 18.2 Å². The van der Waals surface area contributed by atoms with Crippen LogP contribution in [0.4, 0.5) is 0 Å². The molecule has 1 aromatic heterocycles. The molecule has 0 unspecified atom stereocenters. The molecule has 1 heterocycles. The zero-order valence-corrected chi connectivity index (χ0v) is 13.5. The van der Waals surface area contributed by atoms with Gasteiger partial charge in [-0.1, -0.05) is 12.1 Å². The van der Waals surface area contributed by atoms with Crippen LogP contribution >= 0.6 is 0 Å². The minimum atomic E-state index is -0.0258. The normalized spacial score (nSPS) is 10.7. The first kappa shape index (κ1) is 15.9. The lowest BCUT2D eigenvalue weighted by Gasteiger charge is -2.08. The number of ether oxygens (including phenoxy) is 1. The van der Waals surface area contributed by atoms with Crippen LogP contribution < -0.4 is 10.1 Å². The minimum absolute atomic E-state index is 0.0258. The van der Waals surface area contributed by atoms with Gasteiger partial charge in [-0.05, 0) is 48.4 Å². The molecule has 0 atom stereocenters. The number of hydrogen-bond donors (Lipinski definition) is 2. The Bertz CT molecular complexity index is 837. The van der Waals surface area contributed by atoms with Crippen molar-refractivity contribution in [2.75, 3.05) is 13.7 Å². The van der Waals surface area contributed by atoms with E-state index in [0.29, 0.717) is 6.54 Å². The van der Waals surface area contributed by atoms with Crippen LogP contribution in [0.5, 0.6) is 11.5 Å². The summed E-state index contributed by atoms with van der Waals surface area (Å²) in [5, 5.41) is 13.2. The molecule has 0 spiro atoms. The molecule has 3 aromatic rings. The van der Waals surface area contributed by atoms with Gasteiger partial charge >= 0.3 is 0 Å². The summed E-state index contributed by atoms with van der Waals surface area (Å²) < 4.78 is 7.13. The minimum Gasteiger partial charge on any atom is -0.508 e. The first-order valence-electron chi connectivity index (χ1n) is 7.83. The number of hydrogen-bond acceptors (Lipinski definition) is 3. The van der Waals surface area contributed by atoms with Gasteiger partial charge in [0.25, 0.3) is 0 Å². The molecule has 0 saturated carbocycles. The summed E-state index contributed by atoms with van der Waals surface area (Å²) in [6.07, 6.45) is 2.64. The number of nitrogens with zero attached hydrogens (tertiary/aromatic N) is 1. The monoisotopic (exact) mass is 324 g/mol. The summed E-state index contributed by atoms with van der Waals surface area (Å²) in [5.74, 6) is 1.03. The fourth-order valence-corrected chi connectivity index (χ4v) is 2.66. The molecule has 2 aromatic carbocycles. The fourth-order valence-electron chi connectivity index (χ4n) is 2.66. The van der Waals surface area contributed by atoms with Crippen LogP contribution in [0.15, 0.2) is 54.7 Å². The Kier molecular flexibility index (Phi) is 4.70. The number of benzene rings is 2. The summed E-state index contributed by atoms with van der Waals surface area (Å²) >= 11 is 0. The van der Waals surface area contributed by atoms with Crippen molar-refractivity contribution in [1.29, 1.82) is 0 Å². The second-order valence-corrected chi connectivity index (χ2v) is 5.63. The third kappa shape index (κ3) is 3.68. The Labute approximate surface area is 140 Å². The lowest BCUT2D eigenvalue weighted by molar-refractivity contribution is -0.121. The molecule has 0 bridgehead atoms. The van der Waals surface area contributed by atoms with E-state index >= 15 is 0 Å². The molecule has 0 aliphatic carbocycles. The largest absolute Gasteiger partial charge is 0.508 e. The zero-order valence-electron chi connectivity index (χ0n) is 13.5. The van der Waals surface area contributed by atoms with Crippen LogP contribution in [0.25, 0.3) is 10.9 Å². The number of methoxy groups -OCH3 is 1. The highest BCUT2D eigenvalue weighted by atomic mass is 16.5. The van der Waals surface area contributed by atoms with Crippen molar-refractivity contribution in [2.45, 2.75) is 13.0 Å². The SMILES string of the molecule is COc1ccc2c(ccn2CC(=O)NCCc2ccc(O)cc2)c1. The molecular formula is C19H20N2O3. The van der Waals surface area contributed by atoms with Crippen molar-refractivity contribution in [3.8, 4) is 11.5 Å². The lowest BCUT2D eigenvalue weighted by atomic mass is 10.1. The number of nitrogens with one attached hydrogen (secondary N) is 1. The van der Waals surface area contributed by atoms with Crippen LogP contribution in [0.1, 0.15) is 5.56 Å². The van der Waals surface area contributed by atoms with Crippen LogP contribution in [-0.4, -0.2) is 29.2 Å². The van der Waals surface area contributed by atoms with Crippen molar-refractivity contribution < 1.29 is 14.6 Å². The second-order valence-electron chi connectivity index (χ2n) is 5.63. The van der Waals surface area contributed by atoms with Gasteiger partial charge in [0.15, 0.2) is 0 Å². The average molecular weight is 324 g/mol. The summed E-state index contributed by atoms with van der Waals surface area (Å²) in [7, 11) is 1.64. The van der Waals surface area contributed by atoms with Gasteiger partial charge < -0.3 is 19.7 Å². The third-order valence-corrected chi connectivity index (χ3v) is 3.96. The van der Waals surface area contributed by atoms with Gasteiger partial charge in [-0.25, -0.2) is 0 Å². The quantitative estimate of drug-likeness (QED) is 0.733. The molecule has 0 aliphatic rings. The highest BCUT2D eigenvalue weighted by Gasteiger charge is 2.07. The zero-order chi connectivity index (χ0) is 16.9. The second kappa shape index (κ2) is 7.08. The van der Waals surface area contributed by atoms with Crippen molar-refractivity contribution in [3.63, 3.8) is 0 Å². The van der Waals surface area contributed by atoms with Crippen LogP contribution in [0, 0.1) is 0 Å². The maximum atomic E-state index is 12.1. The highest BCUT2D eigenvalue weighted by Crippen LogP contribution is 2.21. The topological polar surface area (TPSA) is 63.5 Å². The summed E-state index contributed by atoms with van der Waals surface area (Å²) in [5.41, 5.74) is 2.08. The number of phenolic OH excluding ortho intramolecular Hbond substituents is 1. The Morgan fingerprint density at radius 3 is 2.71 bits per heavy atom. The first-order valence-corrected chi connectivity index (χ1v) is 7.83. The maximum absolute atomic E-state index is 12.1. The molecule has 5 nitrogen and oxygen atoms in total. The number of aromatic hydroxyl groups is 1. The molecule has 124 valence electrons. The Morgan fingerprint density at radius 1 is 1.17 bits per heavy atom. The van der Waals surface area contributed by atoms with E-state index in [1.165, 1.54) is 0 Å². The number of aromatic nitrogens is 1. The average Bonchev–Trinajstić information content (AvgIpc) is 2.98. The van der Waals surface area contributed by atoms with E-state index in [1.807, 2.05) is 47.2 Å². The predicted molar refractivity (Wildman–Crippen MR) is 93.3 cm³/mol. The molecule has 0 radical (unpaired) electrons. The number of rotatable bonds is 6. The van der Waals surface area contributed by atoms with Gasteiger partial charge in [0.1, 0.15) is 18.0 Å². The highest BCUT2D eigenvalue weighted by molar-refractivity contribution is 5.84. The lowest BCUT2D eigenvalue weighted by Crippen LogP contribution is -2.29. The van der Waals surface area contributed by atoms with Crippen LogP contribution in [0.2, 0.25) is 0 Å². The van der Waals surface area contributed by atoms with E-state index < -0.39 is 0 Å². The molecule has 0 fully saturated rings. The van der Waals surface area contributed by atoms with E-state index in [9.17, 15) is 9.90 Å². The first-order chi connectivity index (χ1) is 11.7. The summed E-state index contributed by atoms with van der Waals surface area (Å²) in [6, 6.07) is 14.8. The van der Waals surface area contributed by atoms with Crippen LogP contribution in [0.3, 0.4) is 0 Å². The van der Waals surface area contributed by atoms with Gasteiger partial charge in [-0.3, -0.25) is 4.79 Å². The number of fused-ring (bicyclic) bond motifs is 1. The molecule has 24 heavy (non-hydrogen) atoms. The van der Waals surface area contributed by atoms with Crippen molar-refractivity contribution in [3.05, 3.63) is 60.3 Å². The van der Waals surface area contributed by atoms with Gasteiger partial charge in [0.2, 0.25) is 5.91 Å². The Morgan fingerprint density at radius 2 is 1.96 bits per heavy atom. The summed E-state index contributed by atoms with van der Waals surface area (Å²) in [6.45, 7) is 0.849. The van der Waals surface area contributed by atoms with Crippen molar-refractivity contribution in [2.24, 2.45) is 0 Å². The number of amides is 1. The third-order valence-electron chi connectivity index (χ3n) is 3.96. The van der Waals surface area contributed by atoms with E-state index in [2.05, 4.69) is 5.32 Å². The molecular weight excluding hydrogens is 304 g/mol. The Balaban J connectivity index is 1.56.